The van der Waals surface area contributed by atoms with Crippen LogP contribution in [0.1, 0.15) is 11.6 Å². The van der Waals surface area contributed by atoms with E-state index in [0.717, 1.165) is 16.8 Å². The Kier molecular flexibility index (Phi) is 3.68. The van der Waals surface area contributed by atoms with Gasteiger partial charge in [-0.1, -0.05) is 18.2 Å². The Morgan fingerprint density at radius 1 is 1.08 bits per heavy atom. The molecule has 0 spiro atoms. The number of aliphatic hydroxyl groups excluding tert-OH is 1. The van der Waals surface area contributed by atoms with Crippen molar-refractivity contribution in [1.82, 2.24) is 24.7 Å². The molecule has 0 aliphatic heterocycles. The number of nitrogens with zero attached hydrogens (tertiary/aromatic N) is 4. The van der Waals surface area contributed by atoms with Crippen LogP contribution in [-0.2, 0) is 13.2 Å². The molecule has 2 N–H and O–H groups in total. The number of ether oxygens (including phenoxy) is 1. The molecule has 2 aromatic carbocycles. The Morgan fingerprint density at radius 3 is 2.71 bits per heavy atom. The summed E-state index contributed by atoms with van der Waals surface area (Å²) >= 11 is 0. The molecule has 24 heavy (non-hydrogen) atoms. The minimum Gasteiger partial charge on any atom is -0.457 e. The van der Waals surface area contributed by atoms with Gasteiger partial charge < -0.3 is 14.4 Å². The van der Waals surface area contributed by atoms with Gasteiger partial charge in [0.2, 0.25) is 0 Å². The lowest BCUT2D eigenvalue weighted by Gasteiger charge is -2.08. The molecule has 4 aromatic rings. The molecule has 4 rings (SSSR count). The zero-order valence-electron chi connectivity index (χ0n) is 12.8. The van der Waals surface area contributed by atoms with Gasteiger partial charge >= 0.3 is 0 Å². The van der Waals surface area contributed by atoms with Crippen LogP contribution in [-0.4, -0.2) is 29.8 Å². The summed E-state index contributed by atoms with van der Waals surface area (Å²) in [6, 6.07) is 15.2. The van der Waals surface area contributed by atoms with Crippen LogP contribution in [0.2, 0.25) is 0 Å². The third-order valence-corrected chi connectivity index (χ3v) is 3.68. The molecule has 2 heterocycles. The summed E-state index contributed by atoms with van der Waals surface area (Å²) < 4.78 is 7.76. The topological polar surface area (TPSA) is 88.9 Å². The molecule has 120 valence electrons. The minimum atomic E-state index is -0.159. The Labute approximate surface area is 137 Å². The normalized spacial score (nSPS) is 11.0. The fourth-order valence-corrected chi connectivity index (χ4v) is 2.59. The predicted octanol–water partition coefficient (Wildman–Crippen LogP) is 2.49. The molecular weight excluding hydrogens is 306 g/mol. The van der Waals surface area contributed by atoms with Crippen LogP contribution in [0.5, 0.6) is 11.5 Å². The van der Waals surface area contributed by atoms with Gasteiger partial charge in [0.15, 0.2) is 5.82 Å². The van der Waals surface area contributed by atoms with Gasteiger partial charge in [-0.2, -0.15) is 5.10 Å². The van der Waals surface area contributed by atoms with E-state index >= 15 is 0 Å². The Hall–Kier alpha value is -3.19. The van der Waals surface area contributed by atoms with E-state index in [1.165, 1.54) is 6.33 Å². The van der Waals surface area contributed by atoms with E-state index in [-0.39, 0.29) is 6.61 Å². The van der Waals surface area contributed by atoms with Gasteiger partial charge in [0.05, 0.1) is 17.6 Å². The minimum absolute atomic E-state index is 0.159. The first-order valence-corrected chi connectivity index (χ1v) is 7.51. The van der Waals surface area contributed by atoms with Gasteiger partial charge in [-0.3, -0.25) is 5.10 Å². The SMILES string of the molecule is OCc1nc2ccc(Oc3ccccc3)cc2n1Cc1nc[nH]n1. The quantitative estimate of drug-likeness (QED) is 0.589. The lowest BCUT2D eigenvalue weighted by molar-refractivity contribution is 0.266. The maximum Gasteiger partial charge on any atom is 0.170 e. The number of nitrogens with one attached hydrogen (secondary N) is 1. The van der Waals surface area contributed by atoms with Gasteiger partial charge in [0.25, 0.3) is 0 Å². The number of imidazole rings is 1. The molecule has 0 saturated carbocycles. The van der Waals surface area contributed by atoms with Crippen molar-refractivity contribution in [2.45, 2.75) is 13.2 Å². The number of fused-ring (bicyclic) bond motifs is 1. The van der Waals surface area contributed by atoms with Crippen LogP contribution in [0.25, 0.3) is 11.0 Å². The zero-order chi connectivity index (χ0) is 16.4. The maximum absolute atomic E-state index is 9.59. The first-order chi connectivity index (χ1) is 11.8. The third-order valence-electron chi connectivity index (χ3n) is 3.68. The predicted molar refractivity (Wildman–Crippen MR) is 87.7 cm³/mol. The Balaban J connectivity index is 1.74. The van der Waals surface area contributed by atoms with Crippen molar-refractivity contribution >= 4 is 11.0 Å². The van der Waals surface area contributed by atoms with Crippen molar-refractivity contribution in [3.05, 3.63) is 66.5 Å². The van der Waals surface area contributed by atoms with Crippen molar-refractivity contribution in [1.29, 1.82) is 0 Å². The second kappa shape index (κ2) is 6.13. The maximum atomic E-state index is 9.59. The molecule has 0 bridgehead atoms. The Bertz CT molecular complexity index is 948. The van der Waals surface area contributed by atoms with Gasteiger partial charge in [-0.25, -0.2) is 9.97 Å². The lowest BCUT2D eigenvalue weighted by Crippen LogP contribution is -2.06. The highest BCUT2D eigenvalue weighted by molar-refractivity contribution is 5.78. The van der Waals surface area contributed by atoms with E-state index in [1.807, 2.05) is 53.1 Å². The molecule has 7 heteroatoms. The van der Waals surface area contributed by atoms with E-state index < -0.39 is 0 Å². The highest BCUT2D eigenvalue weighted by atomic mass is 16.5. The van der Waals surface area contributed by atoms with Gasteiger partial charge in [-0.15, -0.1) is 0 Å². The number of benzene rings is 2. The first-order valence-electron chi connectivity index (χ1n) is 7.51. The fourth-order valence-electron chi connectivity index (χ4n) is 2.59. The summed E-state index contributed by atoms with van der Waals surface area (Å²) in [4.78, 5) is 8.59. The summed E-state index contributed by atoms with van der Waals surface area (Å²) in [6.45, 7) is 0.263. The largest absolute Gasteiger partial charge is 0.457 e. The van der Waals surface area contributed by atoms with Crippen LogP contribution in [0.3, 0.4) is 0 Å². The van der Waals surface area contributed by atoms with Gasteiger partial charge in [-0.05, 0) is 24.3 Å². The second-order valence-corrected chi connectivity index (χ2v) is 5.25. The van der Waals surface area contributed by atoms with Crippen molar-refractivity contribution in [2.24, 2.45) is 0 Å². The number of rotatable bonds is 5. The van der Waals surface area contributed by atoms with E-state index in [2.05, 4.69) is 20.2 Å². The number of hydrogen-bond donors (Lipinski definition) is 2. The van der Waals surface area contributed by atoms with Crippen LogP contribution >= 0.6 is 0 Å². The van der Waals surface area contributed by atoms with Crippen molar-refractivity contribution < 1.29 is 9.84 Å². The first kappa shape index (κ1) is 14.4. The Morgan fingerprint density at radius 2 is 1.96 bits per heavy atom. The number of hydrogen-bond acceptors (Lipinski definition) is 5. The van der Waals surface area contributed by atoms with Gasteiger partial charge in [0.1, 0.15) is 30.3 Å². The number of aliphatic hydroxyl groups is 1. The molecule has 0 aliphatic rings. The summed E-state index contributed by atoms with van der Waals surface area (Å²) in [7, 11) is 0. The fraction of sp³-hybridized carbons (Fsp3) is 0.118. The standard InChI is InChI=1S/C17H15N5O2/c23-10-17-20-14-7-6-13(24-12-4-2-1-3-5-12)8-15(14)22(17)9-16-18-11-19-21-16/h1-8,11,23H,9-10H2,(H,18,19,21). The van der Waals surface area contributed by atoms with E-state index in [1.54, 1.807) is 0 Å². The molecule has 0 aliphatic carbocycles. The number of aromatic amines is 1. The summed E-state index contributed by atoms with van der Waals surface area (Å²) in [5, 5.41) is 16.3. The lowest BCUT2D eigenvalue weighted by atomic mass is 10.3. The molecular formula is C17H15N5O2. The molecule has 0 saturated heterocycles. The number of aromatic nitrogens is 5. The highest BCUT2D eigenvalue weighted by Gasteiger charge is 2.13. The summed E-state index contributed by atoms with van der Waals surface area (Å²) in [6.07, 6.45) is 1.52. The molecule has 0 radical (unpaired) electrons. The molecule has 0 unspecified atom stereocenters. The summed E-state index contributed by atoms with van der Waals surface area (Å²) in [5.74, 6) is 2.65. The van der Waals surface area contributed by atoms with Crippen LogP contribution in [0, 0.1) is 0 Å². The average Bonchev–Trinajstić information content (AvgIpc) is 3.24. The zero-order valence-corrected chi connectivity index (χ0v) is 12.8. The molecule has 2 aromatic heterocycles. The third kappa shape index (κ3) is 2.72. The van der Waals surface area contributed by atoms with E-state index in [0.29, 0.717) is 23.9 Å². The van der Waals surface area contributed by atoms with Crippen LogP contribution in [0.15, 0.2) is 54.9 Å². The van der Waals surface area contributed by atoms with Gasteiger partial charge in [0, 0.05) is 6.07 Å². The number of para-hydroxylation sites is 1. The van der Waals surface area contributed by atoms with E-state index in [4.69, 9.17) is 4.74 Å². The molecule has 0 amide bonds. The van der Waals surface area contributed by atoms with Crippen molar-refractivity contribution in [3.63, 3.8) is 0 Å². The average molecular weight is 321 g/mol. The molecule has 0 fully saturated rings. The van der Waals surface area contributed by atoms with Crippen LogP contribution < -0.4 is 4.74 Å². The highest BCUT2D eigenvalue weighted by Crippen LogP contribution is 2.26. The molecule has 7 nitrogen and oxygen atoms in total. The number of H-pyrrole nitrogens is 1. The smallest absolute Gasteiger partial charge is 0.170 e. The molecule has 0 atom stereocenters. The van der Waals surface area contributed by atoms with Crippen LogP contribution in [0.4, 0.5) is 0 Å². The van der Waals surface area contributed by atoms with Crippen molar-refractivity contribution in [3.8, 4) is 11.5 Å². The summed E-state index contributed by atoms with van der Waals surface area (Å²) in [5.41, 5.74) is 1.65. The monoisotopic (exact) mass is 321 g/mol. The second-order valence-electron chi connectivity index (χ2n) is 5.25. The van der Waals surface area contributed by atoms with Crippen molar-refractivity contribution in [2.75, 3.05) is 0 Å². The van der Waals surface area contributed by atoms with E-state index in [9.17, 15) is 5.11 Å².